The van der Waals surface area contributed by atoms with Gasteiger partial charge in [0, 0.05) is 25.7 Å². The first-order valence-corrected chi connectivity index (χ1v) is 7.90. The zero-order valence-electron chi connectivity index (χ0n) is 12.4. The zero-order valence-corrected chi connectivity index (χ0v) is 12.4. The number of aryl methyl sites for hydroxylation is 1. The van der Waals surface area contributed by atoms with Crippen LogP contribution in [0.15, 0.2) is 24.3 Å². The Morgan fingerprint density at radius 3 is 2.90 bits per heavy atom. The Bertz CT molecular complexity index is 442. The number of benzene rings is 1. The van der Waals surface area contributed by atoms with Crippen LogP contribution in [0.5, 0.6) is 5.75 Å². The van der Waals surface area contributed by atoms with Gasteiger partial charge in [0.15, 0.2) is 0 Å². The Kier molecular flexibility index (Phi) is 4.27. The largest absolute Gasteiger partial charge is 0.488 e. The molecule has 1 heterocycles. The third kappa shape index (κ3) is 3.53. The summed E-state index contributed by atoms with van der Waals surface area (Å²) in [5.74, 6) is 1.81. The minimum atomic E-state index is 0.370. The van der Waals surface area contributed by atoms with E-state index in [9.17, 15) is 0 Å². The van der Waals surface area contributed by atoms with Crippen LogP contribution in [0.1, 0.15) is 31.2 Å². The second kappa shape index (κ2) is 6.15. The number of hydrogen-bond acceptors (Lipinski definition) is 3. The van der Waals surface area contributed by atoms with Crippen LogP contribution in [0, 0.1) is 12.8 Å². The summed E-state index contributed by atoms with van der Waals surface area (Å²) in [7, 11) is 0. The smallest absolute Gasteiger partial charge is 0.124 e. The van der Waals surface area contributed by atoms with E-state index >= 15 is 0 Å². The van der Waals surface area contributed by atoms with Crippen molar-refractivity contribution in [3.63, 3.8) is 0 Å². The average Bonchev–Trinajstić information content (AvgIpc) is 2.36. The number of rotatable bonds is 4. The summed E-state index contributed by atoms with van der Waals surface area (Å²) in [6.45, 7) is 5.45. The van der Waals surface area contributed by atoms with Gasteiger partial charge in [0.2, 0.25) is 0 Å². The highest BCUT2D eigenvalue weighted by Crippen LogP contribution is 2.26. The molecule has 110 valence electrons. The van der Waals surface area contributed by atoms with E-state index < -0.39 is 0 Å². The molecular weight excluding hydrogens is 248 g/mol. The second-order valence-electron chi connectivity index (χ2n) is 6.57. The molecule has 0 aromatic heterocycles. The van der Waals surface area contributed by atoms with Crippen LogP contribution in [-0.4, -0.2) is 36.7 Å². The van der Waals surface area contributed by atoms with E-state index in [0.717, 1.165) is 24.8 Å². The molecule has 0 bridgehead atoms. The fourth-order valence-corrected chi connectivity index (χ4v) is 3.49. The van der Waals surface area contributed by atoms with E-state index in [0.29, 0.717) is 12.1 Å². The lowest BCUT2D eigenvalue weighted by Gasteiger charge is -2.42. The monoisotopic (exact) mass is 274 g/mol. The van der Waals surface area contributed by atoms with Crippen molar-refractivity contribution in [2.45, 2.75) is 44.8 Å². The van der Waals surface area contributed by atoms with Gasteiger partial charge < -0.3 is 10.5 Å². The summed E-state index contributed by atoms with van der Waals surface area (Å²) < 4.78 is 6.01. The molecule has 1 aliphatic heterocycles. The minimum absolute atomic E-state index is 0.370. The predicted molar refractivity (Wildman–Crippen MR) is 82.0 cm³/mol. The summed E-state index contributed by atoms with van der Waals surface area (Å²) in [6.07, 6.45) is 5.46. The third-order valence-corrected chi connectivity index (χ3v) is 4.56. The Morgan fingerprint density at radius 1 is 1.30 bits per heavy atom. The van der Waals surface area contributed by atoms with Crippen LogP contribution in [0.4, 0.5) is 0 Å². The van der Waals surface area contributed by atoms with Gasteiger partial charge in [-0.3, -0.25) is 4.90 Å². The van der Waals surface area contributed by atoms with E-state index in [1.807, 2.05) is 0 Å². The number of nitrogens with zero attached hydrogens (tertiary/aromatic N) is 1. The molecular formula is C17H26N2O. The molecule has 1 saturated heterocycles. The molecule has 3 heteroatoms. The van der Waals surface area contributed by atoms with Crippen LogP contribution in [0.25, 0.3) is 0 Å². The van der Waals surface area contributed by atoms with Crippen molar-refractivity contribution in [1.82, 2.24) is 4.90 Å². The van der Waals surface area contributed by atoms with E-state index in [4.69, 9.17) is 10.5 Å². The lowest BCUT2D eigenvalue weighted by atomic mass is 9.85. The average molecular weight is 274 g/mol. The fourth-order valence-electron chi connectivity index (χ4n) is 3.49. The minimum Gasteiger partial charge on any atom is -0.488 e. The molecule has 2 fully saturated rings. The van der Waals surface area contributed by atoms with Gasteiger partial charge >= 0.3 is 0 Å². The first-order chi connectivity index (χ1) is 9.69. The van der Waals surface area contributed by atoms with E-state index in [2.05, 4.69) is 36.1 Å². The van der Waals surface area contributed by atoms with Crippen LogP contribution in [0.3, 0.4) is 0 Å². The normalized spacial score (nSPS) is 28.1. The van der Waals surface area contributed by atoms with E-state index in [1.54, 1.807) is 0 Å². The summed E-state index contributed by atoms with van der Waals surface area (Å²) in [6, 6.07) is 8.77. The quantitative estimate of drug-likeness (QED) is 0.917. The molecule has 3 nitrogen and oxygen atoms in total. The molecule has 2 aliphatic rings. The van der Waals surface area contributed by atoms with Gasteiger partial charge in [-0.1, -0.05) is 18.6 Å². The zero-order chi connectivity index (χ0) is 13.9. The lowest BCUT2D eigenvalue weighted by molar-refractivity contribution is 0.00592. The number of ether oxygens (including phenoxy) is 1. The molecule has 20 heavy (non-hydrogen) atoms. The molecule has 1 saturated carbocycles. The second-order valence-corrected chi connectivity index (χ2v) is 6.57. The maximum absolute atomic E-state index is 6.06. The van der Waals surface area contributed by atoms with Crippen LogP contribution >= 0.6 is 0 Å². The molecule has 2 N–H and O–H groups in total. The van der Waals surface area contributed by atoms with Crippen molar-refractivity contribution in [3.8, 4) is 5.75 Å². The van der Waals surface area contributed by atoms with Gasteiger partial charge in [0.05, 0.1) is 0 Å². The predicted octanol–water partition coefficient (Wildman–Crippen LogP) is 2.58. The molecule has 1 aromatic carbocycles. The molecule has 0 radical (unpaired) electrons. The van der Waals surface area contributed by atoms with E-state index in [-0.39, 0.29) is 0 Å². The van der Waals surface area contributed by atoms with Crippen molar-refractivity contribution in [3.05, 3.63) is 29.8 Å². The van der Waals surface area contributed by atoms with Crippen LogP contribution < -0.4 is 10.5 Å². The van der Waals surface area contributed by atoms with Crippen molar-refractivity contribution < 1.29 is 4.74 Å². The molecule has 2 atom stereocenters. The van der Waals surface area contributed by atoms with Crippen LogP contribution in [-0.2, 0) is 0 Å². The fraction of sp³-hybridized carbons (Fsp3) is 0.647. The van der Waals surface area contributed by atoms with Gasteiger partial charge in [0.1, 0.15) is 11.9 Å². The highest BCUT2D eigenvalue weighted by molar-refractivity contribution is 5.27. The van der Waals surface area contributed by atoms with Crippen molar-refractivity contribution in [2.24, 2.45) is 11.7 Å². The molecule has 0 spiro atoms. The van der Waals surface area contributed by atoms with Gasteiger partial charge in [-0.05, 0) is 49.8 Å². The number of hydrogen-bond donors (Lipinski definition) is 1. The molecule has 0 amide bonds. The van der Waals surface area contributed by atoms with Gasteiger partial charge in [-0.2, -0.15) is 0 Å². The lowest BCUT2D eigenvalue weighted by Crippen LogP contribution is -2.55. The van der Waals surface area contributed by atoms with Crippen LogP contribution in [0.2, 0.25) is 0 Å². The van der Waals surface area contributed by atoms with Crippen molar-refractivity contribution >= 4 is 0 Å². The van der Waals surface area contributed by atoms with Crippen molar-refractivity contribution in [1.29, 1.82) is 0 Å². The summed E-state index contributed by atoms with van der Waals surface area (Å²) in [5, 5.41) is 0. The number of nitrogens with two attached hydrogens (primary N) is 1. The standard InChI is InChI=1S/C17H26N2O/c1-13-4-2-7-16(8-13)20-17-11-19(12-17)10-14-5-3-6-15(18)9-14/h2,4,7-8,14-15,17H,3,5-6,9-12,18H2,1H3/t14-,15+/m1/s1. The molecule has 3 rings (SSSR count). The molecule has 1 aromatic rings. The van der Waals surface area contributed by atoms with E-state index in [1.165, 1.54) is 37.8 Å². The Balaban J connectivity index is 1.40. The highest BCUT2D eigenvalue weighted by atomic mass is 16.5. The Labute approximate surface area is 122 Å². The SMILES string of the molecule is Cc1cccc(OC2CN(C[C@@H]3CCC[C@H](N)C3)C2)c1. The Hall–Kier alpha value is -1.06. The summed E-state index contributed by atoms with van der Waals surface area (Å²) in [5.41, 5.74) is 7.32. The highest BCUT2D eigenvalue weighted by Gasteiger charge is 2.31. The maximum Gasteiger partial charge on any atom is 0.124 e. The third-order valence-electron chi connectivity index (χ3n) is 4.56. The van der Waals surface area contributed by atoms with Gasteiger partial charge in [0.25, 0.3) is 0 Å². The molecule has 0 unspecified atom stereocenters. The van der Waals surface area contributed by atoms with Gasteiger partial charge in [-0.25, -0.2) is 0 Å². The Morgan fingerprint density at radius 2 is 2.15 bits per heavy atom. The first-order valence-electron chi connectivity index (χ1n) is 7.90. The summed E-state index contributed by atoms with van der Waals surface area (Å²) >= 11 is 0. The number of likely N-dealkylation sites (tertiary alicyclic amines) is 1. The van der Waals surface area contributed by atoms with Gasteiger partial charge in [-0.15, -0.1) is 0 Å². The first kappa shape index (κ1) is 13.9. The maximum atomic E-state index is 6.06. The van der Waals surface area contributed by atoms with Crippen molar-refractivity contribution in [2.75, 3.05) is 19.6 Å². The summed E-state index contributed by atoms with van der Waals surface area (Å²) in [4.78, 5) is 2.52. The molecule has 1 aliphatic carbocycles. The topological polar surface area (TPSA) is 38.5 Å².